The first-order chi connectivity index (χ1) is 5.97. The molecule has 0 aliphatic carbocycles. The number of carboxylic acid groups (broad SMARTS) is 1. The summed E-state index contributed by atoms with van der Waals surface area (Å²) in [6.07, 6.45) is -1.82. The Bertz CT molecular complexity index is 234. The molecule has 0 rings (SSSR count). The van der Waals surface area contributed by atoms with Crippen molar-refractivity contribution in [3.8, 4) is 0 Å². The molecule has 14 heavy (non-hydrogen) atoms. The van der Waals surface area contributed by atoms with Gasteiger partial charge >= 0.3 is 58.1 Å². The van der Waals surface area contributed by atoms with Gasteiger partial charge in [0.2, 0.25) is 0 Å². The summed E-state index contributed by atoms with van der Waals surface area (Å²) in [6.45, 7) is -0.693. The van der Waals surface area contributed by atoms with Gasteiger partial charge in [0.25, 0.3) is 0 Å². The van der Waals surface area contributed by atoms with Gasteiger partial charge in [-0.3, -0.25) is 0 Å². The van der Waals surface area contributed by atoms with E-state index in [0.717, 1.165) is 0 Å². The zero-order valence-corrected chi connectivity index (χ0v) is 7.30. The summed E-state index contributed by atoms with van der Waals surface area (Å²) >= 11 is 0. The van der Waals surface area contributed by atoms with Crippen LogP contribution in [0.3, 0.4) is 0 Å². The fourth-order valence-corrected chi connectivity index (χ4v) is 0.824. The van der Waals surface area contributed by atoms with Crippen LogP contribution >= 0.6 is 8.25 Å². The van der Waals surface area contributed by atoms with Crippen LogP contribution in [0.1, 0.15) is 0 Å². The molecular weight excluding hydrogens is 245 g/mol. The Balaban J connectivity index is 0. The molecule has 0 aromatic carbocycles. The van der Waals surface area contributed by atoms with E-state index in [-0.39, 0.29) is 37.7 Å². The van der Waals surface area contributed by atoms with Crippen LogP contribution in [0.4, 0.5) is 4.79 Å². The molecule has 10 heteroatoms. The van der Waals surface area contributed by atoms with E-state index in [4.69, 9.17) is 15.9 Å². The van der Waals surface area contributed by atoms with Gasteiger partial charge in [-0.1, -0.05) is 0 Å². The van der Waals surface area contributed by atoms with E-state index in [1.807, 2.05) is 0 Å². The summed E-state index contributed by atoms with van der Waals surface area (Å²) in [6, 6.07) is -1.36. The number of carbonyl (C=O) groups is 2. The number of rotatable bonds is 4. The van der Waals surface area contributed by atoms with Gasteiger partial charge in [-0.15, -0.1) is 0 Å². The minimum atomic E-state index is -3.43. The molecule has 0 saturated heterocycles. The minimum absolute atomic E-state index is 0. The van der Waals surface area contributed by atoms with Crippen LogP contribution in [0.2, 0.25) is 0 Å². The Kier molecular flexibility index (Phi) is 10.0. The SMILES string of the molecule is N[C@@H](CO)C(=O)O[PH](=O)OC(=O)O.[CaH2]. The Morgan fingerprint density at radius 1 is 1.43 bits per heavy atom. The van der Waals surface area contributed by atoms with E-state index in [0.29, 0.717) is 0 Å². The third-order valence-electron chi connectivity index (χ3n) is 0.854. The third kappa shape index (κ3) is 7.54. The van der Waals surface area contributed by atoms with Crippen molar-refractivity contribution in [1.29, 1.82) is 0 Å². The van der Waals surface area contributed by atoms with E-state index in [1.54, 1.807) is 0 Å². The molecule has 0 saturated carbocycles. The fourth-order valence-electron chi connectivity index (χ4n) is 0.324. The van der Waals surface area contributed by atoms with Gasteiger partial charge in [0.05, 0.1) is 6.61 Å². The summed E-state index contributed by atoms with van der Waals surface area (Å²) in [5, 5.41) is 16.3. The van der Waals surface area contributed by atoms with Crippen molar-refractivity contribution in [2.24, 2.45) is 5.73 Å². The molecule has 0 radical (unpaired) electrons. The number of carbonyl (C=O) groups excluding carboxylic acids is 1. The van der Waals surface area contributed by atoms with Crippen molar-refractivity contribution in [2.75, 3.05) is 6.61 Å². The molecule has 2 atom stereocenters. The molecule has 4 N–H and O–H groups in total. The number of hydrogen-bond donors (Lipinski definition) is 3. The topological polar surface area (TPSA) is 136 Å². The quantitative estimate of drug-likeness (QED) is 0.388. The van der Waals surface area contributed by atoms with Gasteiger partial charge in [-0.2, -0.15) is 0 Å². The summed E-state index contributed by atoms with van der Waals surface area (Å²) in [5.41, 5.74) is 4.95. The predicted octanol–water partition coefficient (Wildman–Crippen LogP) is -1.98. The van der Waals surface area contributed by atoms with Crippen molar-refractivity contribution >= 4 is 58.1 Å². The van der Waals surface area contributed by atoms with Crippen LogP contribution in [0.15, 0.2) is 0 Å². The van der Waals surface area contributed by atoms with E-state index < -0.39 is 33.0 Å². The van der Waals surface area contributed by atoms with Gasteiger partial charge in [-0.25, -0.2) is 14.2 Å². The maximum absolute atomic E-state index is 10.6. The molecule has 80 valence electrons. The molecule has 0 bridgehead atoms. The number of aliphatic hydroxyl groups excluding tert-OH is 1. The van der Waals surface area contributed by atoms with E-state index in [1.165, 1.54) is 0 Å². The Labute approximate surface area is 109 Å². The maximum atomic E-state index is 10.6. The van der Waals surface area contributed by atoms with Crippen LogP contribution in [-0.2, 0) is 18.4 Å². The van der Waals surface area contributed by atoms with Crippen molar-refractivity contribution in [3.05, 3.63) is 0 Å². The van der Waals surface area contributed by atoms with E-state index >= 15 is 0 Å². The number of hydrogen-bond acceptors (Lipinski definition) is 7. The predicted molar refractivity (Wildman–Crippen MR) is 47.8 cm³/mol. The van der Waals surface area contributed by atoms with Crippen LogP contribution in [0, 0.1) is 0 Å². The van der Waals surface area contributed by atoms with Gasteiger partial charge in [-0.05, 0) is 0 Å². The van der Waals surface area contributed by atoms with Crippen molar-refractivity contribution < 1.29 is 33.4 Å². The molecule has 0 spiro atoms. The first-order valence-corrected chi connectivity index (χ1v) is 4.22. The second kappa shape index (κ2) is 8.46. The van der Waals surface area contributed by atoms with Crippen LogP contribution in [-0.4, -0.2) is 72.7 Å². The van der Waals surface area contributed by atoms with Crippen LogP contribution in [0.5, 0.6) is 0 Å². The van der Waals surface area contributed by atoms with Gasteiger partial charge in [0.15, 0.2) is 0 Å². The Hall–Kier alpha value is 0.150. The zero-order valence-electron chi connectivity index (χ0n) is 6.30. The average Bonchev–Trinajstić information content (AvgIpc) is 2.01. The summed E-state index contributed by atoms with van der Waals surface area (Å²) < 4.78 is 18.0. The van der Waals surface area contributed by atoms with E-state index in [2.05, 4.69) is 9.05 Å². The molecule has 0 heterocycles. The Morgan fingerprint density at radius 3 is 2.29 bits per heavy atom. The van der Waals surface area contributed by atoms with Crippen molar-refractivity contribution in [3.63, 3.8) is 0 Å². The molecule has 0 fully saturated rings. The molecule has 0 aromatic rings. The summed E-state index contributed by atoms with van der Waals surface area (Å²) in [7, 11) is -3.43. The van der Waals surface area contributed by atoms with Gasteiger partial charge in [0, 0.05) is 0 Å². The molecular formula is C4H10CaNO7P. The molecule has 1 unspecified atom stereocenters. The van der Waals surface area contributed by atoms with Gasteiger partial charge < -0.3 is 25.0 Å². The van der Waals surface area contributed by atoms with Crippen molar-refractivity contribution in [1.82, 2.24) is 0 Å². The molecule has 0 amide bonds. The second-order valence-corrected chi connectivity index (χ2v) is 2.74. The number of aliphatic hydroxyl groups is 1. The third-order valence-corrected chi connectivity index (χ3v) is 1.56. The molecule has 0 aliphatic heterocycles. The molecule has 8 nitrogen and oxygen atoms in total. The summed E-state index contributed by atoms with van der Waals surface area (Å²) in [5.74, 6) is -1.19. The number of nitrogens with two attached hydrogens (primary N) is 1. The van der Waals surface area contributed by atoms with Crippen LogP contribution in [0.25, 0.3) is 0 Å². The summed E-state index contributed by atoms with van der Waals surface area (Å²) in [4.78, 5) is 20.4. The zero-order chi connectivity index (χ0) is 10.4. The average molecular weight is 255 g/mol. The Morgan fingerprint density at radius 2 is 1.93 bits per heavy atom. The fraction of sp³-hybridized carbons (Fsp3) is 0.500. The van der Waals surface area contributed by atoms with E-state index in [9.17, 15) is 14.2 Å². The first kappa shape index (κ1) is 16.6. The van der Waals surface area contributed by atoms with Crippen molar-refractivity contribution in [2.45, 2.75) is 6.04 Å². The molecule has 0 aliphatic rings. The van der Waals surface area contributed by atoms with Gasteiger partial charge in [0.1, 0.15) is 6.04 Å². The van der Waals surface area contributed by atoms with Crippen LogP contribution < -0.4 is 5.73 Å². The second-order valence-electron chi connectivity index (χ2n) is 1.83. The molecule has 0 aromatic heterocycles. The standard InChI is InChI=1S/C4H8NO7P.Ca.2H/c5-2(1-6)3(7)11-13(10)12-4(8)9;;;/h2,6,13H,1,5H2,(H,8,9);;;/t2-;;;/m0.../s1. The first-order valence-electron chi connectivity index (χ1n) is 3.00. The monoisotopic (exact) mass is 255 g/mol. The normalized spacial score (nSPS) is 13.3.